The summed E-state index contributed by atoms with van der Waals surface area (Å²) in [5.74, 6) is 0.0197. The van der Waals surface area contributed by atoms with Crippen LogP contribution >= 0.6 is 0 Å². The Kier molecular flexibility index (Phi) is 4.96. The maximum Gasteiger partial charge on any atom is 0.244 e. The summed E-state index contributed by atoms with van der Waals surface area (Å²) < 4.78 is 26.5. The van der Waals surface area contributed by atoms with E-state index in [0.717, 1.165) is 12.8 Å². The molecule has 3 rings (SSSR count). The third-order valence-corrected chi connectivity index (χ3v) is 6.68. The van der Waals surface area contributed by atoms with Crippen molar-refractivity contribution in [1.29, 1.82) is 0 Å². The van der Waals surface area contributed by atoms with Gasteiger partial charge in [-0.1, -0.05) is 12.8 Å². The van der Waals surface area contributed by atoms with Crippen LogP contribution in [0.3, 0.4) is 0 Å². The van der Waals surface area contributed by atoms with Crippen LogP contribution < -0.4 is 5.32 Å². The summed E-state index contributed by atoms with van der Waals surface area (Å²) in [6, 6.07) is 3.50. The molecule has 2 fully saturated rings. The van der Waals surface area contributed by atoms with Gasteiger partial charge in [-0.05, 0) is 37.8 Å². The van der Waals surface area contributed by atoms with Gasteiger partial charge in [0.2, 0.25) is 15.9 Å². The molecule has 1 amide bonds. The second-order valence-corrected chi connectivity index (χ2v) is 8.29. The Morgan fingerprint density at radius 1 is 1.17 bits per heavy atom. The van der Waals surface area contributed by atoms with Crippen molar-refractivity contribution in [2.45, 2.75) is 49.5 Å². The molecule has 0 unspecified atom stereocenters. The van der Waals surface area contributed by atoms with Gasteiger partial charge in [-0.3, -0.25) is 9.78 Å². The van der Waals surface area contributed by atoms with Crippen LogP contribution in [0.15, 0.2) is 29.4 Å². The molecule has 7 heteroatoms. The van der Waals surface area contributed by atoms with Crippen LogP contribution in [0, 0.1) is 5.92 Å². The quantitative estimate of drug-likeness (QED) is 0.904. The van der Waals surface area contributed by atoms with Gasteiger partial charge in [0.15, 0.2) is 0 Å². The van der Waals surface area contributed by atoms with Gasteiger partial charge < -0.3 is 5.32 Å². The van der Waals surface area contributed by atoms with Crippen molar-refractivity contribution >= 4 is 15.9 Å². The minimum Gasteiger partial charge on any atom is -0.353 e. The molecule has 0 aromatic carbocycles. The number of carbonyl (C=O) groups is 1. The van der Waals surface area contributed by atoms with E-state index < -0.39 is 10.0 Å². The molecule has 126 valence electrons. The van der Waals surface area contributed by atoms with E-state index in [9.17, 15) is 13.2 Å². The molecule has 1 aliphatic carbocycles. The molecular weight excluding hydrogens is 314 g/mol. The number of carbonyl (C=O) groups excluding carboxylic acids is 1. The summed E-state index contributed by atoms with van der Waals surface area (Å²) in [5, 5.41) is 3.12. The van der Waals surface area contributed by atoms with Crippen molar-refractivity contribution in [2.24, 2.45) is 5.92 Å². The Bertz CT molecular complexity index is 634. The fourth-order valence-electron chi connectivity index (χ4n) is 3.40. The molecule has 1 aliphatic heterocycles. The molecule has 1 N–H and O–H groups in total. The Hall–Kier alpha value is -1.47. The monoisotopic (exact) mass is 337 g/mol. The molecule has 1 saturated carbocycles. The third-order valence-electron chi connectivity index (χ3n) is 4.80. The number of hydrogen-bond donors (Lipinski definition) is 1. The fourth-order valence-corrected chi connectivity index (χ4v) is 4.83. The normalized spacial score (nSPS) is 21.4. The van der Waals surface area contributed by atoms with E-state index in [-0.39, 0.29) is 16.7 Å². The lowest BCUT2D eigenvalue weighted by Gasteiger charge is -2.31. The van der Waals surface area contributed by atoms with Crippen molar-refractivity contribution in [2.75, 3.05) is 13.1 Å². The highest BCUT2D eigenvalue weighted by Gasteiger charge is 2.33. The number of amides is 1. The number of nitrogens with zero attached hydrogens (tertiary/aromatic N) is 2. The van der Waals surface area contributed by atoms with Gasteiger partial charge in [0.05, 0.1) is 0 Å². The van der Waals surface area contributed by atoms with E-state index in [0.29, 0.717) is 32.0 Å². The van der Waals surface area contributed by atoms with E-state index >= 15 is 0 Å². The summed E-state index contributed by atoms with van der Waals surface area (Å²) >= 11 is 0. The number of rotatable bonds is 4. The highest BCUT2D eigenvalue weighted by Crippen LogP contribution is 2.24. The van der Waals surface area contributed by atoms with Gasteiger partial charge in [0.25, 0.3) is 0 Å². The predicted octanol–water partition coefficient (Wildman–Crippen LogP) is 1.54. The number of aromatic nitrogens is 1. The molecular formula is C16H23N3O3S. The van der Waals surface area contributed by atoms with Gasteiger partial charge in [-0.15, -0.1) is 0 Å². The van der Waals surface area contributed by atoms with E-state index in [1.807, 2.05) is 0 Å². The first-order chi connectivity index (χ1) is 11.1. The van der Waals surface area contributed by atoms with Gasteiger partial charge in [-0.25, -0.2) is 8.42 Å². The van der Waals surface area contributed by atoms with E-state index in [4.69, 9.17) is 0 Å². The zero-order valence-corrected chi connectivity index (χ0v) is 14.0. The van der Waals surface area contributed by atoms with Gasteiger partial charge in [0.1, 0.15) is 4.90 Å². The molecule has 2 heterocycles. The van der Waals surface area contributed by atoms with Gasteiger partial charge in [0, 0.05) is 37.4 Å². The fraction of sp³-hybridized carbons (Fsp3) is 0.625. The van der Waals surface area contributed by atoms with Crippen molar-refractivity contribution in [3.63, 3.8) is 0 Å². The van der Waals surface area contributed by atoms with E-state index in [1.165, 1.54) is 23.3 Å². The van der Waals surface area contributed by atoms with Crippen molar-refractivity contribution in [1.82, 2.24) is 14.6 Å². The number of sulfonamides is 1. The standard InChI is InChI=1S/C16H23N3O3S/c20-16(18-14-4-1-2-5-14)13-7-10-19(11-8-13)23(21,22)15-6-3-9-17-12-15/h3,6,9,12-14H,1-2,4-5,7-8,10-11H2,(H,18,20). The van der Waals surface area contributed by atoms with Crippen LogP contribution in [0.25, 0.3) is 0 Å². The van der Waals surface area contributed by atoms with E-state index in [2.05, 4.69) is 10.3 Å². The average Bonchev–Trinajstić information content (AvgIpc) is 3.09. The topological polar surface area (TPSA) is 79.4 Å². The highest BCUT2D eigenvalue weighted by atomic mass is 32.2. The first-order valence-corrected chi connectivity index (χ1v) is 9.72. The van der Waals surface area contributed by atoms with Crippen LogP contribution in [0.4, 0.5) is 0 Å². The third kappa shape index (κ3) is 3.72. The molecule has 1 aromatic rings. The Morgan fingerprint density at radius 3 is 2.48 bits per heavy atom. The van der Waals surface area contributed by atoms with E-state index in [1.54, 1.807) is 18.3 Å². The van der Waals surface area contributed by atoms with Gasteiger partial charge >= 0.3 is 0 Å². The lowest BCUT2D eigenvalue weighted by Crippen LogP contribution is -2.44. The molecule has 1 aromatic heterocycles. The number of hydrogen-bond acceptors (Lipinski definition) is 4. The summed E-state index contributed by atoms with van der Waals surface area (Å²) in [7, 11) is -3.49. The minimum atomic E-state index is -3.49. The van der Waals surface area contributed by atoms with Crippen LogP contribution in [-0.2, 0) is 14.8 Å². The zero-order valence-electron chi connectivity index (χ0n) is 13.1. The average molecular weight is 337 g/mol. The predicted molar refractivity (Wildman–Crippen MR) is 86.1 cm³/mol. The first kappa shape index (κ1) is 16.4. The Balaban J connectivity index is 1.56. The molecule has 2 aliphatic rings. The summed E-state index contributed by atoms with van der Waals surface area (Å²) in [5.41, 5.74) is 0. The number of pyridine rings is 1. The summed E-state index contributed by atoms with van der Waals surface area (Å²) in [6.45, 7) is 0.778. The van der Waals surface area contributed by atoms with Crippen molar-refractivity contribution in [3.05, 3.63) is 24.5 Å². The van der Waals surface area contributed by atoms with Crippen LogP contribution in [0.5, 0.6) is 0 Å². The smallest absolute Gasteiger partial charge is 0.244 e. The van der Waals surface area contributed by atoms with Crippen LogP contribution in [0.2, 0.25) is 0 Å². The van der Waals surface area contributed by atoms with Crippen molar-refractivity contribution in [3.8, 4) is 0 Å². The second-order valence-electron chi connectivity index (χ2n) is 6.36. The molecule has 0 spiro atoms. The first-order valence-electron chi connectivity index (χ1n) is 8.28. The zero-order chi connectivity index (χ0) is 16.3. The van der Waals surface area contributed by atoms with Gasteiger partial charge in [-0.2, -0.15) is 4.31 Å². The maximum absolute atomic E-state index is 12.5. The Morgan fingerprint density at radius 2 is 1.87 bits per heavy atom. The minimum absolute atomic E-state index is 0.0732. The molecule has 23 heavy (non-hydrogen) atoms. The second kappa shape index (κ2) is 6.97. The molecule has 0 atom stereocenters. The van der Waals surface area contributed by atoms with Crippen LogP contribution in [0.1, 0.15) is 38.5 Å². The molecule has 1 saturated heterocycles. The largest absolute Gasteiger partial charge is 0.353 e. The summed E-state index contributed by atoms with van der Waals surface area (Å²) in [4.78, 5) is 16.4. The maximum atomic E-state index is 12.5. The Labute approximate surface area is 137 Å². The SMILES string of the molecule is O=C(NC1CCCC1)C1CCN(S(=O)(=O)c2cccnc2)CC1. The van der Waals surface area contributed by atoms with Crippen molar-refractivity contribution < 1.29 is 13.2 Å². The number of nitrogens with one attached hydrogen (secondary N) is 1. The molecule has 0 bridgehead atoms. The molecule has 6 nitrogen and oxygen atoms in total. The summed E-state index contributed by atoms with van der Waals surface area (Å²) in [6.07, 6.45) is 8.60. The molecule has 0 radical (unpaired) electrons. The number of piperidine rings is 1. The highest BCUT2D eigenvalue weighted by molar-refractivity contribution is 7.89. The van der Waals surface area contributed by atoms with Crippen LogP contribution in [-0.4, -0.2) is 42.7 Å². The lowest BCUT2D eigenvalue weighted by atomic mass is 9.97. The lowest BCUT2D eigenvalue weighted by molar-refractivity contribution is -0.126.